The molecule has 1 aliphatic rings. The lowest BCUT2D eigenvalue weighted by Crippen LogP contribution is -2.07. The summed E-state index contributed by atoms with van der Waals surface area (Å²) in [5.74, 6) is 2.62. The second-order valence-electron chi connectivity index (χ2n) is 4.95. The maximum Gasteiger partial charge on any atom is 0.128 e. The maximum absolute atomic E-state index is 10.8. The highest BCUT2D eigenvalue weighted by atomic mass is 16.5. The Morgan fingerprint density at radius 3 is 2.35 bits per heavy atom. The number of methoxy groups -OCH3 is 4. The van der Waals surface area contributed by atoms with Crippen LogP contribution in [0.4, 0.5) is 0 Å². The van der Waals surface area contributed by atoms with Crippen LogP contribution < -0.4 is 9.47 Å². The van der Waals surface area contributed by atoms with E-state index >= 15 is 0 Å². The fourth-order valence-electron chi connectivity index (χ4n) is 2.43. The van der Waals surface area contributed by atoms with Gasteiger partial charge in [0.25, 0.3) is 0 Å². The van der Waals surface area contributed by atoms with Crippen molar-refractivity contribution in [3.63, 3.8) is 0 Å². The number of hydrogen-bond donors (Lipinski definition) is 1. The van der Waals surface area contributed by atoms with Crippen molar-refractivity contribution in [1.82, 2.24) is 0 Å². The number of aliphatic hydroxyl groups is 1. The highest BCUT2D eigenvalue weighted by Crippen LogP contribution is 2.36. The van der Waals surface area contributed by atoms with Gasteiger partial charge >= 0.3 is 0 Å². The third kappa shape index (κ3) is 3.68. The topological polar surface area (TPSA) is 57.2 Å². The highest BCUT2D eigenvalue weighted by molar-refractivity contribution is 5.48. The van der Waals surface area contributed by atoms with Crippen LogP contribution in [-0.2, 0) is 9.47 Å². The third-order valence-corrected chi connectivity index (χ3v) is 3.73. The first kappa shape index (κ1) is 17.0. The molecule has 0 spiro atoms. The lowest BCUT2D eigenvalue weighted by Gasteiger charge is -2.19. The van der Waals surface area contributed by atoms with Crippen molar-refractivity contribution in [3.05, 3.63) is 59.1 Å². The lowest BCUT2D eigenvalue weighted by atomic mass is 9.98. The molecule has 0 amide bonds. The Morgan fingerprint density at radius 2 is 1.74 bits per heavy atom. The Morgan fingerprint density at radius 1 is 0.957 bits per heavy atom. The molecule has 0 heterocycles. The van der Waals surface area contributed by atoms with E-state index in [-0.39, 0.29) is 0 Å². The van der Waals surface area contributed by atoms with Gasteiger partial charge in [0.05, 0.1) is 34.2 Å². The van der Waals surface area contributed by atoms with E-state index in [2.05, 4.69) is 0 Å². The molecule has 5 nitrogen and oxygen atoms in total. The van der Waals surface area contributed by atoms with Crippen molar-refractivity contribution in [3.8, 4) is 11.5 Å². The van der Waals surface area contributed by atoms with Crippen molar-refractivity contribution in [1.29, 1.82) is 0 Å². The van der Waals surface area contributed by atoms with Gasteiger partial charge in [0.1, 0.15) is 23.4 Å². The van der Waals surface area contributed by atoms with Crippen molar-refractivity contribution in [2.75, 3.05) is 28.4 Å². The minimum absolute atomic E-state index is 0.549. The van der Waals surface area contributed by atoms with Gasteiger partial charge in [-0.1, -0.05) is 0 Å². The third-order valence-electron chi connectivity index (χ3n) is 3.73. The zero-order valence-electron chi connectivity index (χ0n) is 13.8. The van der Waals surface area contributed by atoms with Crippen LogP contribution in [0.15, 0.2) is 53.5 Å². The van der Waals surface area contributed by atoms with Gasteiger partial charge in [-0.05, 0) is 30.4 Å². The molecule has 1 unspecified atom stereocenters. The number of rotatable bonds is 6. The quantitative estimate of drug-likeness (QED) is 0.873. The Hall–Kier alpha value is -2.40. The number of allylic oxidation sites excluding steroid dienone is 3. The number of ether oxygens (including phenoxy) is 4. The molecular weight excluding hydrogens is 296 g/mol. The molecule has 23 heavy (non-hydrogen) atoms. The second kappa shape index (κ2) is 7.74. The van der Waals surface area contributed by atoms with E-state index < -0.39 is 6.10 Å². The van der Waals surface area contributed by atoms with Gasteiger partial charge in [0.2, 0.25) is 0 Å². The SMILES string of the molecule is COC1=CC=C(C(O)c2ccc(OC)cc2OC)C(OC)=CC1. The smallest absolute Gasteiger partial charge is 0.128 e. The maximum atomic E-state index is 10.8. The van der Waals surface area contributed by atoms with Gasteiger partial charge in [-0.15, -0.1) is 0 Å². The van der Waals surface area contributed by atoms with Gasteiger partial charge in [-0.3, -0.25) is 0 Å². The van der Waals surface area contributed by atoms with E-state index in [9.17, 15) is 5.11 Å². The summed E-state index contributed by atoms with van der Waals surface area (Å²) in [7, 11) is 6.34. The zero-order valence-corrected chi connectivity index (χ0v) is 13.8. The molecule has 124 valence electrons. The fourth-order valence-corrected chi connectivity index (χ4v) is 2.43. The Labute approximate surface area is 136 Å². The van der Waals surface area contributed by atoms with E-state index in [0.29, 0.717) is 34.8 Å². The fraction of sp³-hybridized carbons (Fsp3) is 0.333. The summed E-state index contributed by atoms with van der Waals surface area (Å²) >= 11 is 0. The molecule has 0 aliphatic heterocycles. The Kier molecular flexibility index (Phi) is 5.71. The minimum atomic E-state index is -0.894. The van der Waals surface area contributed by atoms with Gasteiger partial charge in [-0.2, -0.15) is 0 Å². The van der Waals surface area contributed by atoms with E-state index in [4.69, 9.17) is 18.9 Å². The predicted molar refractivity (Wildman–Crippen MR) is 87.4 cm³/mol. The summed E-state index contributed by atoms with van der Waals surface area (Å²) in [6, 6.07) is 5.30. The Balaban J connectivity index is 2.43. The van der Waals surface area contributed by atoms with Crippen LogP contribution in [0, 0.1) is 0 Å². The molecule has 0 saturated heterocycles. The molecule has 0 bridgehead atoms. The van der Waals surface area contributed by atoms with Crippen LogP contribution in [-0.4, -0.2) is 33.5 Å². The summed E-state index contributed by atoms with van der Waals surface area (Å²) < 4.78 is 21.2. The van der Waals surface area contributed by atoms with E-state index in [1.165, 1.54) is 0 Å². The second-order valence-corrected chi connectivity index (χ2v) is 4.95. The summed E-state index contributed by atoms with van der Waals surface area (Å²) in [6.07, 6.45) is 5.22. The Bertz CT molecular complexity index is 643. The zero-order chi connectivity index (χ0) is 16.8. The number of aliphatic hydroxyl groups excluding tert-OH is 1. The molecule has 1 N–H and O–H groups in total. The summed E-state index contributed by atoms with van der Waals surface area (Å²) in [5, 5.41) is 10.8. The number of benzene rings is 1. The van der Waals surface area contributed by atoms with E-state index in [1.54, 1.807) is 52.7 Å². The molecule has 5 heteroatoms. The van der Waals surface area contributed by atoms with Crippen molar-refractivity contribution in [2.45, 2.75) is 12.5 Å². The molecule has 2 rings (SSSR count). The molecule has 1 atom stereocenters. The minimum Gasteiger partial charge on any atom is -0.501 e. The van der Waals surface area contributed by atoms with Crippen LogP contribution >= 0.6 is 0 Å². The van der Waals surface area contributed by atoms with Crippen molar-refractivity contribution in [2.24, 2.45) is 0 Å². The van der Waals surface area contributed by atoms with E-state index in [0.717, 1.165) is 5.76 Å². The van der Waals surface area contributed by atoms with Crippen molar-refractivity contribution >= 4 is 0 Å². The van der Waals surface area contributed by atoms with Gasteiger partial charge in [0, 0.05) is 23.6 Å². The largest absolute Gasteiger partial charge is 0.501 e. The average Bonchev–Trinajstić information content (AvgIpc) is 2.82. The van der Waals surface area contributed by atoms with Crippen LogP contribution in [0.5, 0.6) is 11.5 Å². The first-order valence-corrected chi connectivity index (χ1v) is 7.23. The first-order valence-electron chi connectivity index (χ1n) is 7.23. The molecule has 0 fully saturated rings. The molecule has 0 saturated carbocycles. The summed E-state index contributed by atoms with van der Waals surface area (Å²) in [5.41, 5.74) is 1.28. The van der Waals surface area contributed by atoms with Gasteiger partial charge < -0.3 is 24.1 Å². The molecule has 0 aromatic heterocycles. The lowest BCUT2D eigenvalue weighted by molar-refractivity contribution is 0.193. The molecule has 1 aromatic rings. The summed E-state index contributed by atoms with van der Waals surface area (Å²) in [4.78, 5) is 0. The molecule has 1 aliphatic carbocycles. The molecular formula is C18H22O5. The number of hydrogen-bond acceptors (Lipinski definition) is 5. The van der Waals surface area contributed by atoms with Gasteiger partial charge in [-0.25, -0.2) is 0 Å². The highest BCUT2D eigenvalue weighted by Gasteiger charge is 2.23. The monoisotopic (exact) mass is 318 g/mol. The first-order chi connectivity index (χ1) is 11.1. The van der Waals surface area contributed by atoms with Gasteiger partial charge in [0.15, 0.2) is 0 Å². The van der Waals surface area contributed by atoms with E-state index in [1.807, 2.05) is 12.2 Å². The van der Waals surface area contributed by atoms with Crippen LogP contribution in [0.1, 0.15) is 18.1 Å². The molecule has 1 aromatic carbocycles. The van der Waals surface area contributed by atoms with Crippen LogP contribution in [0.25, 0.3) is 0 Å². The van der Waals surface area contributed by atoms with Crippen LogP contribution in [0.2, 0.25) is 0 Å². The van der Waals surface area contributed by atoms with Crippen LogP contribution in [0.3, 0.4) is 0 Å². The molecule has 0 radical (unpaired) electrons. The average molecular weight is 318 g/mol. The summed E-state index contributed by atoms with van der Waals surface area (Å²) in [6.45, 7) is 0. The normalized spacial score (nSPS) is 15.6. The van der Waals surface area contributed by atoms with Crippen molar-refractivity contribution < 1.29 is 24.1 Å². The predicted octanol–water partition coefficient (Wildman–Crippen LogP) is 3.13. The standard InChI is InChI=1S/C18H22O5/c1-20-12-5-8-14(16(22-3)10-7-12)18(19)15-9-6-13(21-2)11-17(15)23-4/h5-6,8-11,18-19H,7H2,1-4H3.